The monoisotopic (exact) mass is 317 g/mol. The summed E-state index contributed by atoms with van der Waals surface area (Å²) in [5, 5.41) is 0.0336. The number of aromatic nitrogens is 1. The van der Waals surface area contributed by atoms with Crippen molar-refractivity contribution in [3.8, 4) is 0 Å². The van der Waals surface area contributed by atoms with Crippen LogP contribution in [0.2, 0.25) is 5.02 Å². The minimum atomic E-state index is -4.89. The molecule has 2 aromatic rings. The fraction of sp³-hybridized carbons (Fsp3) is 0.0769. The molecule has 104 valence electrons. The summed E-state index contributed by atoms with van der Waals surface area (Å²) in [4.78, 5) is 14.9. The van der Waals surface area contributed by atoms with Gasteiger partial charge in [-0.3, -0.25) is 4.79 Å². The van der Waals surface area contributed by atoms with Crippen LogP contribution in [-0.4, -0.2) is 16.9 Å². The lowest BCUT2D eigenvalue weighted by atomic mass is 10.2. The summed E-state index contributed by atoms with van der Waals surface area (Å²) in [6.07, 6.45) is -0.370. The number of rotatable bonds is 3. The Labute approximate surface area is 121 Å². The van der Waals surface area contributed by atoms with Crippen LogP contribution in [0.4, 0.5) is 13.2 Å². The topological polar surface area (TPSA) is 30.0 Å². The van der Waals surface area contributed by atoms with Gasteiger partial charge >= 0.3 is 6.18 Å². The molecule has 0 spiro atoms. The minimum Gasteiger partial charge on any atom is -0.281 e. The van der Waals surface area contributed by atoms with Crippen molar-refractivity contribution in [3.05, 3.63) is 50.9 Å². The molecule has 1 heterocycles. The van der Waals surface area contributed by atoms with Crippen molar-refractivity contribution in [2.45, 2.75) is 6.18 Å². The predicted octanol–water partition coefficient (Wildman–Crippen LogP) is 4.71. The van der Waals surface area contributed by atoms with Gasteiger partial charge < -0.3 is 0 Å². The van der Waals surface area contributed by atoms with Gasteiger partial charge in [0.2, 0.25) is 0 Å². The van der Waals surface area contributed by atoms with Gasteiger partial charge in [-0.1, -0.05) is 29.8 Å². The quantitative estimate of drug-likeness (QED) is 0.767. The Balaban J connectivity index is 2.14. The van der Waals surface area contributed by atoms with Crippen LogP contribution in [-0.2, 0) is 0 Å². The van der Waals surface area contributed by atoms with Crippen LogP contribution in [0.25, 0.3) is 12.2 Å². The van der Waals surface area contributed by atoms with Gasteiger partial charge in [0.1, 0.15) is 0 Å². The lowest BCUT2D eigenvalue weighted by Crippen LogP contribution is -2.22. The standard InChI is InChI=1S/C13H7ClF3NOS/c14-9-4-1-8(2-5-9)3-6-10-7-18-12(20-10)11(19)13(15,16)17/h1-7H/b6-3+. The maximum atomic E-state index is 12.2. The van der Waals surface area contributed by atoms with Crippen molar-refractivity contribution in [1.82, 2.24) is 4.98 Å². The molecule has 0 atom stereocenters. The Morgan fingerprint density at radius 2 is 1.85 bits per heavy atom. The summed E-state index contributed by atoms with van der Waals surface area (Å²) < 4.78 is 36.7. The smallest absolute Gasteiger partial charge is 0.281 e. The summed E-state index contributed by atoms with van der Waals surface area (Å²) in [7, 11) is 0. The van der Waals surface area contributed by atoms with E-state index in [1.54, 1.807) is 36.4 Å². The third-order valence-corrected chi connectivity index (χ3v) is 3.50. The zero-order chi connectivity index (χ0) is 14.8. The Kier molecular flexibility index (Phi) is 4.25. The van der Waals surface area contributed by atoms with E-state index in [-0.39, 0.29) is 0 Å². The molecule has 0 saturated carbocycles. The summed E-state index contributed by atoms with van der Waals surface area (Å²) in [6.45, 7) is 0. The number of thiazole rings is 1. The van der Waals surface area contributed by atoms with Crippen molar-refractivity contribution >= 4 is 40.9 Å². The number of carbonyl (C=O) groups excluding carboxylic acids is 1. The van der Waals surface area contributed by atoms with Crippen LogP contribution in [0.5, 0.6) is 0 Å². The first-order valence-corrected chi connectivity index (χ1v) is 6.57. The molecule has 0 N–H and O–H groups in total. The third kappa shape index (κ3) is 3.68. The largest absolute Gasteiger partial charge is 0.457 e. The molecule has 2 rings (SSSR count). The van der Waals surface area contributed by atoms with Crippen molar-refractivity contribution < 1.29 is 18.0 Å². The molecule has 7 heteroatoms. The molecule has 0 unspecified atom stereocenters. The Morgan fingerprint density at radius 1 is 1.20 bits per heavy atom. The van der Waals surface area contributed by atoms with E-state index < -0.39 is 17.0 Å². The highest BCUT2D eigenvalue weighted by Gasteiger charge is 2.41. The van der Waals surface area contributed by atoms with E-state index in [4.69, 9.17) is 11.6 Å². The van der Waals surface area contributed by atoms with Crippen LogP contribution in [0.1, 0.15) is 20.2 Å². The number of hydrogen-bond donors (Lipinski definition) is 0. The van der Waals surface area contributed by atoms with E-state index >= 15 is 0 Å². The SMILES string of the molecule is O=C(c1ncc(/C=C/c2ccc(Cl)cc2)s1)C(F)(F)F. The second-order valence-electron chi connectivity index (χ2n) is 3.78. The molecule has 0 amide bonds. The second-order valence-corrected chi connectivity index (χ2v) is 5.28. The van der Waals surface area contributed by atoms with Crippen LogP contribution in [0.15, 0.2) is 30.5 Å². The first-order chi connectivity index (χ1) is 9.36. The minimum absolute atomic E-state index is 0.465. The van der Waals surface area contributed by atoms with Gasteiger partial charge in [-0.25, -0.2) is 4.98 Å². The highest BCUT2D eigenvalue weighted by molar-refractivity contribution is 7.14. The van der Waals surface area contributed by atoms with Crippen molar-refractivity contribution in [2.24, 2.45) is 0 Å². The zero-order valence-electron chi connectivity index (χ0n) is 9.82. The molecule has 2 nitrogen and oxygen atoms in total. The molecule has 1 aromatic heterocycles. The number of alkyl halides is 3. The number of benzene rings is 1. The Bertz CT molecular complexity index is 646. The van der Waals surface area contributed by atoms with E-state index in [9.17, 15) is 18.0 Å². The average Bonchev–Trinajstić information content (AvgIpc) is 2.85. The Hall–Kier alpha value is -1.66. The first kappa shape index (κ1) is 14.7. The molecule has 1 aromatic carbocycles. The molecular formula is C13H7ClF3NOS. The lowest BCUT2D eigenvalue weighted by Gasteiger charge is -1.99. The van der Waals surface area contributed by atoms with E-state index in [1.807, 2.05) is 0 Å². The fourth-order valence-electron chi connectivity index (χ4n) is 1.34. The molecule has 0 aliphatic heterocycles. The molecule has 0 fully saturated rings. The maximum Gasteiger partial charge on any atom is 0.457 e. The summed E-state index contributed by atoms with van der Waals surface area (Å²) >= 11 is 6.43. The van der Waals surface area contributed by atoms with Gasteiger partial charge in [0.15, 0.2) is 5.01 Å². The van der Waals surface area contributed by atoms with Gasteiger partial charge in [0.25, 0.3) is 5.78 Å². The predicted molar refractivity (Wildman–Crippen MR) is 72.9 cm³/mol. The first-order valence-electron chi connectivity index (χ1n) is 5.37. The molecule has 20 heavy (non-hydrogen) atoms. The van der Waals surface area contributed by atoms with Crippen LogP contribution >= 0.6 is 22.9 Å². The summed E-state index contributed by atoms with van der Waals surface area (Å²) in [6, 6.07) is 6.93. The van der Waals surface area contributed by atoms with E-state index in [2.05, 4.69) is 4.98 Å². The average molecular weight is 318 g/mol. The molecule has 0 bridgehead atoms. The summed E-state index contributed by atoms with van der Waals surface area (Å²) in [5.74, 6) is -1.92. The number of halogens is 4. The van der Waals surface area contributed by atoms with Crippen LogP contribution in [0.3, 0.4) is 0 Å². The van der Waals surface area contributed by atoms with E-state index in [0.717, 1.165) is 5.56 Å². The molecule has 0 radical (unpaired) electrons. The van der Waals surface area contributed by atoms with Gasteiger partial charge in [0, 0.05) is 16.1 Å². The third-order valence-electron chi connectivity index (χ3n) is 2.29. The van der Waals surface area contributed by atoms with Crippen molar-refractivity contribution in [2.75, 3.05) is 0 Å². The van der Waals surface area contributed by atoms with Crippen molar-refractivity contribution in [3.63, 3.8) is 0 Å². The van der Waals surface area contributed by atoms with E-state index in [1.165, 1.54) is 6.20 Å². The number of carbonyl (C=O) groups is 1. The maximum absolute atomic E-state index is 12.2. The summed E-state index contributed by atoms with van der Waals surface area (Å²) in [5.41, 5.74) is 0.839. The van der Waals surface area contributed by atoms with Gasteiger partial charge in [0.05, 0.1) is 0 Å². The Morgan fingerprint density at radius 3 is 2.45 bits per heavy atom. The van der Waals surface area contributed by atoms with Crippen LogP contribution in [0, 0.1) is 0 Å². The molecule has 0 aliphatic carbocycles. The fourth-order valence-corrected chi connectivity index (χ4v) is 2.25. The highest BCUT2D eigenvalue weighted by atomic mass is 35.5. The van der Waals surface area contributed by atoms with E-state index in [0.29, 0.717) is 21.2 Å². The lowest BCUT2D eigenvalue weighted by molar-refractivity contribution is -0.0885. The second kappa shape index (κ2) is 5.76. The van der Waals surface area contributed by atoms with Gasteiger partial charge in [-0.2, -0.15) is 13.2 Å². The zero-order valence-corrected chi connectivity index (χ0v) is 11.4. The van der Waals surface area contributed by atoms with Gasteiger partial charge in [-0.15, -0.1) is 11.3 Å². The number of nitrogens with zero attached hydrogens (tertiary/aromatic N) is 1. The van der Waals surface area contributed by atoms with Crippen LogP contribution < -0.4 is 0 Å². The number of Topliss-reactive ketones (excluding diaryl/α,β-unsaturated/α-hetero) is 1. The highest BCUT2D eigenvalue weighted by Crippen LogP contribution is 2.25. The normalized spacial score (nSPS) is 12.0. The molecule has 0 saturated heterocycles. The van der Waals surface area contributed by atoms with Gasteiger partial charge in [-0.05, 0) is 23.8 Å². The molecule has 0 aliphatic rings. The molecular weight excluding hydrogens is 311 g/mol. The van der Waals surface area contributed by atoms with Crippen molar-refractivity contribution in [1.29, 1.82) is 0 Å². The number of hydrogen-bond acceptors (Lipinski definition) is 3. The number of ketones is 1.